The fourth-order valence-corrected chi connectivity index (χ4v) is 7.32. The summed E-state index contributed by atoms with van der Waals surface area (Å²) in [5.74, 6) is -0.0832. The van der Waals surface area contributed by atoms with Gasteiger partial charge in [0.2, 0.25) is 0 Å². The number of hydrogen-bond donors (Lipinski definition) is 0. The van der Waals surface area contributed by atoms with Gasteiger partial charge in [0.15, 0.2) is 0 Å². The Bertz CT molecular complexity index is 1660. The fraction of sp³-hybridized carbons (Fsp3) is 0.412. The van der Waals surface area contributed by atoms with Gasteiger partial charge in [-0.25, -0.2) is 12.4 Å². The van der Waals surface area contributed by atoms with Gasteiger partial charge in [0, 0.05) is 42.9 Å². The molecule has 2 aromatic carbocycles. The molecular weight excluding hydrogens is 546 g/mol. The average molecular weight is 588 g/mol. The molecule has 222 valence electrons. The van der Waals surface area contributed by atoms with Crippen molar-refractivity contribution in [3.63, 3.8) is 0 Å². The summed E-state index contributed by atoms with van der Waals surface area (Å²) in [6, 6.07) is 13.6. The van der Waals surface area contributed by atoms with E-state index < -0.39 is 10.0 Å². The van der Waals surface area contributed by atoms with Gasteiger partial charge in [-0.1, -0.05) is 55.2 Å². The largest absolute Gasteiger partial charge is 0.466 e. The smallest absolute Gasteiger partial charge is 0.305 e. The van der Waals surface area contributed by atoms with E-state index in [1.54, 1.807) is 24.5 Å². The molecule has 2 aromatic heterocycles. The van der Waals surface area contributed by atoms with Gasteiger partial charge in [0.1, 0.15) is 0 Å². The van der Waals surface area contributed by atoms with Gasteiger partial charge < -0.3 is 4.74 Å². The molecule has 5 rings (SSSR count). The summed E-state index contributed by atoms with van der Waals surface area (Å²) in [4.78, 5) is 18.7. The molecule has 0 bridgehead atoms. The van der Waals surface area contributed by atoms with Crippen LogP contribution in [0, 0.1) is 13.8 Å². The molecule has 0 radical (unpaired) electrons. The maximum Gasteiger partial charge on any atom is 0.305 e. The van der Waals surface area contributed by atoms with E-state index in [9.17, 15) is 13.2 Å². The first-order valence-corrected chi connectivity index (χ1v) is 16.5. The van der Waals surface area contributed by atoms with E-state index in [-0.39, 0.29) is 10.9 Å². The minimum Gasteiger partial charge on any atom is -0.466 e. The second-order valence-electron chi connectivity index (χ2n) is 11.3. The van der Waals surface area contributed by atoms with Crippen molar-refractivity contribution in [1.29, 1.82) is 0 Å². The summed E-state index contributed by atoms with van der Waals surface area (Å²) in [6.07, 6.45) is 12.2. The first kappa shape index (κ1) is 30.0. The summed E-state index contributed by atoms with van der Waals surface area (Å²) < 4.78 is 33.5. The fourth-order valence-electron chi connectivity index (χ4n) is 5.92. The number of pyridine rings is 1. The van der Waals surface area contributed by atoms with Crippen LogP contribution in [0.15, 0.2) is 66.0 Å². The second kappa shape index (κ2) is 13.2. The van der Waals surface area contributed by atoms with Crippen molar-refractivity contribution >= 4 is 26.9 Å². The molecule has 0 N–H and O–H groups in total. The molecule has 0 atom stereocenters. The molecule has 7 nitrogen and oxygen atoms in total. The summed E-state index contributed by atoms with van der Waals surface area (Å²) in [7, 11) is -3.75. The van der Waals surface area contributed by atoms with Crippen molar-refractivity contribution in [1.82, 2.24) is 13.9 Å². The first-order valence-electron chi connectivity index (χ1n) is 15.1. The molecule has 0 amide bonds. The third-order valence-electron chi connectivity index (χ3n) is 8.22. The maximum atomic E-state index is 13.5. The number of fused-ring (bicyclic) bond motifs is 2. The van der Waals surface area contributed by atoms with Crippen LogP contribution in [0.25, 0.3) is 22.0 Å². The second-order valence-corrected chi connectivity index (χ2v) is 13.2. The van der Waals surface area contributed by atoms with E-state index in [1.807, 2.05) is 39.1 Å². The third-order valence-corrected chi connectivity index (χ3v) is 9.90. The Balaban J connectivity index is 1.25. The van der Waals surface area contributed by atoms with Gasteiger partial charge in [-0.05, 0) is 81.0 Å². The number of esters is 1. The molecule has 8 heteroatoms. The van der Waals surface area contributed by atoms with Gasteiger partial charge in [0.05, 0.1) is 23.2 Å². The third kappa shape index (κ3) is 6.60. The Kier molecular flexibility index (Phi) is 9.43. The van der Waals surface area contributed by atoms with Crippen LogP contribution < -0.4 is 0 Å². The van der Waals surface area contributed by atoms with Gasteiger partial charge in [-0.15, -0.1) is 0 Å². The Labute approximate surface area is 249 Å². The van der Waals surface area contributed by atoms with Crippen molar-refractivity contribution in [2.45, 2.75) is 77.2 Å². The van der Waals surface area contributed by atoms with Crippen LogP contribution in [0.2, 0.25) is 0 Å². The maximum absolute atomic E-state index is 13.5. The van der Waals surface area contributed by atoms with E-state index >= 15 is 0 Å². The standard InChI is InChI=1S/C34H41N3O4S/c1-4-41-33(38)10-8-6-5-7-9-18-36-19-17-27-20-28(13-14-29(27)24-36)31-21-35-22-32-34(31)26(3)23-37(32)42(39,40)30-15-11-25(2)12-16-30/h11-16,20-23H,4-10,17-19,24H2,1-3H3. The van der Waals surface area contributed by atoms with Crippen molar-refractivity contribution in [2.24, 2.45) is 0 Å². The lowest BCUT2D eigenvalue weighted by molar-refractivity contribution is -0.143. The van der Waals surface area contributed by atoms with Crippen LogP contribution in [-0.4, -0.2) is 47.9 Å². The predicted molar refractivity (Wildman–Crippen MR) is 167 cm³/mol. The van der Waals surface area contributed by atoms with E-state index in [4.69, 9.17) is 4.74 Å². The summed E-state index contributed by atoms with van der Waals surface area (Å²) in [5, 5.41) is 0.917. The lowest BCUT2D eigenvalue weighted by Gasteiger charge is -2.29. The molecule has 1 aliphatic heterocycles. The molecule has 0 unspecified atom stereocenters. The number of carbonyl (C=O) groups is 1. The SMILES string of the molecule is CCOC(=O)CCCCCCCN1CCc2cc(-c3cncc4c3c(C)cn4S(=O)(=O)c3ccc(C)cc3)ccc2C1. The zero-order valence-corrected chi connectivity index (χ0v) is 25.8. The molecule has 0 spiro atoms. The highest BCUT2D eigenvalue weighted by molar-refractivity contribution is 7.90. The first-order chi connectivity index (χ1) is 20.3. The van der Waals surface area contributed by atoms with Crippen LogP contribution >= 0.6 is 0 Å². The number of carbonyl (C=O) groups excluding carboxylic acids is 1. The highest BCUT2D eigenvalue weighted by Crippen LogP contribution is 2.35. The number of rotatable bonds is 12. The van der Waals surface area contributed by atoms with Crippen LogP contribution in [0.1, 0.15) is 67.7 Å². The van der Waals surface area contributed by atoms with E-state index in [0.717, 1.165) is 73.0 Å². The molecule has 4 aromatic rings. The summed E-state index contributed by atoms with van der Waals surface area (Å²) >= 11 is 0. The monoisotopic (exact) mass is 587 g/mol. The van der Waals surface area contributed by atoms with Crippen molar-refractivity contribution in [3.8, 4) is 11.1 Å². The minimum atomic E-state index is -3.75. The number of ether oxygens (including phenoxy) is 1. The lowest BCUT2D eigenvalue weighted by atomic mass is 9.93. The average Bonchev–Trinajstić information content (AvgIpc) is 3.34. The molecule has 0 saturated carbocycles. The molecular formula is C34H41N3O4S. The number of benzene rings is 2. The van der Waals surface area contributed by atoms with Crippen LogP contribution in [0.5, 0.6) is 0 Å². The molecule has 42 heavy (non-hydrogen) atoms. The predicted octanol–water partition coefficient (Wildman–Crippen LogP) is 6.82. The van der Waals surface area contributed by atoms with Crippen LogP contribution in [0.3, 0.4) is 0 Å². The quantitative estimate of drug-likeness (QED) is 0.134. The number of hydrogen-bond acceptors (Lipinski definition) is 6. The molecule has 0 aliphatic carbocycles. The molecule has 3 heterocycles. The zero-order chi connectivity index (χ0) is 29.7. The molecule has 0 fully saturated rings. The number of unbranched alkanes of at least 4 members (excludes halogenated alkanes) is 4. The van der Waals surface area contributed by atoms with Gasteiger partial charge >= 0.3 is 5.97 Å². The van der Waals surface area contributed by atoms with Gasteiger partial charge in [-0.3, -0.25) is 14.7 Å². The Morgan fingerprint density at radius 1 is 0.952 bits per heavy atom. The van der Waals surface area contributed by atoms with E-state index in [0.29, 0.717) is 18.5 Å². The molecule has 0 saturated heterocycles. The highest BCUT2D eigenvalue weighted by atomic mass is 32.2. The topological polar surface area (TPSA) is 81.5 Å². The van der Waals surface area contributed by atoms with Gasteiger partial charge in [0.25, 0.3) is 10.0 Å². The zero-order valence-electron chi connectivity index (χ0n) is 24.9. The Morgan fingerprint density at radius 3 is 2.50 bits per heavy atom. The number of nitrogens with zero attached hydrogens (tertiary/aromatic N) is 3. The van der Waals surface area contributed by atoms with E-state index in [1.165, 1.54) is 27.9 Å². The van der Waals surface area contributed by atoms with E-state index in [2.05, 4.69) is 28.1 Å². The Hall–Kier alpha value is -3.49. The highest BCUT2D eigenvalue weighted by Gasteiger charge is 2.23. The molecule has 1 aliphatic rings. The summed E-state index contributed by atoms with van der Waals surface area (Å²) in [5.41, 5.74) is 7.24. The van der Waals surface area contributed by atoms with Gasteiger partial charge in [-0.2, -0.15) is 0 Å². The van der Waals surface area contributed by atoms with Crippen molar-refractivity contribution in [2.75, 3.05) is 19.7 Å². The van der Waals surface area contributed by atoms with Crippen LogP contribution in [0.4, 0.5) is 0 Å². The number of aryl methyl sites for hydroxylation is 2. The summed E-state index contributed by atoms with van der Waals surface area (Å²) in [6.45, 7) is 9.28. The van der Waals surface area contributed by atoms with Crippen LogP contribution in [-0.2, 0) is 32.5 Å². The minimum absolute atomic E-state index is 0.0832. The Morgan fingerprint density at radius 2 is 1.71 bits per heavy atom. The van der Waals surface area contributed by atoms with Crippen molar-refractivity contribution < 1.29 is 17.9 Å². The lowest BCUT2D eigenvalue weighted by Crippen LogP contribution is -2.31. The van der Waals surface area contributed by atoms with Crippen molar-refractivity contribution in [3.05, 3.63) is 83.3 Å². The normalized spacial score (nSPS) is 13.8. The number of aromatic nitrogens is 2.